The maximum Gasteiger partial charge on any atom is 0.410 e. The quantitative estimate of drug-likeness (QED) is 0.723. The number of ether oxygens (including phenoxy) is 1. The molecule has 4 nitrogen and oxygen atoms in total. The van der Waals surface area contributed by atoms with E-state index in [1.165, 1.54) is 0 Å². The monoisotopic (exact) mass is 189 g/mol. The van der Waals surface area contributed by atoms with Gasteiger partial charge in [0.25, 0.3) is 0 Å². The van der Waals surface area contributed by atoms with Gasteiger partial charge in [-0.15, -0.1) is 0 Å². The lowest BCUT2D eigenvalue weighted by Crippen LogP contribution is -2.36. The standard InChI is InChI=1S/C9H19NO3/c1-5-10(6-2)9(12)13-8(4)7(3)11/h7-8,11H,5-6H2,1-4H3/t7-,8+/m0/s1. The Morgan fingerprint density at radius 1 is 1.38 bits per heavy atom. The molecule has 0 aromatic carbocycles. The van der Waals surface area contributed by atoms with Gasteiger partial charge >= 0.3 is 6.09 Å². The van der Waals surface area contributed by atoms with E-state index >= 15 is 0 Å². The number of carbonyl (C=O) groups excluding carboxylic acids is 1. The van der Waals surface area contributed by atoms with Crippen LogP contribution in [0.2, 0.25) is 0 Å². The predicted octanol–water partition coefficient (Wildman–Crippen LogP) is 1.23. The maximum atomic E-state index is 11.3. The Bertz CT molecular complexity index is 155. The van der Waals surface area contributed by atoms with Crippen LogP contribution in [0, 0.1) is 0 Å². The normalized spacial score (nSPS) is 14.8. The van der Waals surface area contributed by atoms with Gasteiger partial charge in [0.15, 0.2) is 0 Å². The molecule has 1 N–H and O–H groups in total. The van der Waals surface area contributed by atoms with Gasteiger partial charge in [-0.3, -0.25) is 0 Å². The zero-order valence-electron chi connectivity index (χ0n) is 8.78. The fraction of sp³-hybridized carbons (Fsp3) is 0.889. The molecule has 0 aliphatic carbocycles. The Morgan fingerprint density at radius 2 is 1.85 bits per heavy atom. The highest BCUT2D eigenvalue weighted by Gasteiger charge is 2.17. The molecule has 0 radical (unpaired) electrons. The van der Waals surface area contributed by atoms with E-state index in [1.54, 1.807) is 18.7 Å². The molecular formula is C9H19NO3. The maximum absolute atomic E-state index is 11.3. The van der Waals surface area contributed by atoms with Crippen molar-refractivity contribution in [2.24, 2.45) is 0 Å². The summed E-state index contributed by atoms with van der Waals surface area (Å²) in [5.41, 5.74) is 0. The van der Waals surface area contributed by atoms with Crippen LogP contribution in [0.5, 0.6) is 0 Å². The van der Waals surface area contributed by atoms with Gasteiger partial charge in [0.05, 0.1) is 6.10 Å². The van der Waals surface area contributed by atoms with Crippen molar-refractivity contribution in [2.75, 3.05) is 13.1 Å². The molecule has 0 saturated carbocycles. The second-order valence-corrected chi connectivity index (χ2v) is 3.00. The molecule has 0 bridgehead atoms. The molecule has 0 heterocycles. The Hall–Kier alpha value is -0.770. The van der Waals surface area contributed by atoms with Crippen LogP contribution in [0.1, 0.15) is 27.7 Å². The van der Waals surface area contributed by atoms with E-state index in [1.807, 2.05) is 13.8 Å². The lowest BCUT2D eigenvalue weighted by atomic mass is 10.3. The largest absolute Gasteiger partial charge is 0.444 e. The molecule has 1 amide bonds. The van der Waals surface area contributed by atoms with Crippen LogP contribution in [-0.2, 0) is 4.74 Å². The summed E-state index contributed by atoms with van der Waals surface area (Å²) in [6, 6.07) is 0. The first-order valence-electron chi connectivity index (χ1n) is 4.66. The third kappa shape index (κ3) is 4.12. The van der Waals surface area contributed by atoms with E-state index in [-0.39, 0.29) is 6.09 Å². The SMILES string of the molecule is CCN(CC)C(=O)O[C@H](C)[C@H](C)O. The number of hydrogen-bond acceptors (Lipinski definition) is 3. The highest BCUT2D eigenvalue weighted by Crippen LogP contribution is 2.02. The van der Waals surface area contributed by atoms with Crippen LogP contribution in [-0.4, -0.2) is 41.4 Å². The van der Waals surface area contributed by atoms with Gasteiger partial charge in [0.2, 0.25) is 0 Å². The molecule has 0 aromatic heterocycles. The van der Waals surface area contributed by atoms with Crippen LogP contribution in [0.3, 0.4) is 0 Å². The Labute approximate surface area is 79.5 Å². The average molecular weight is 189 g/mol. The summed E-state index contributed by atoms with van der Waals surface area (Å²) in [6.07, 6.45) is -1.44. The number of carbonyl (C=O) groups is 1. The Balaban J connectivity index is 3.98. The first-order chi connectivity index (χ1) is 6.02. The minimum atomic E-state index is -0.625. The molecule has 0 rings (SSSR count). The van der Waals surface area contributed by atoms with Gasteiger partial charge in [0.1, 0.15) is 6.10 Å². The first kappa shape index (κ1) is 12.2. The second kappa shape index (κ2) is 5.80. The van der Waals surface area contributed by atoms with E-state index in [0.717, 1.165) is 0 Å². The predicted molar refractivity (Wildman–Crippen MR) is 50.5 cm³/mol. The number of hydrogen-bond donors (Lipinski definition) is 1. The van der Waals surface area contributed by atoms with E-state index in [9.17, 15) is 4.79 Å². The van der Waals surface area contributed by atoms with Gasteiger partial charge in [-0.25, -0.2) is 4.79 Å². The van der Waals surface area contributed by atoms with Crippen LogP contribution in [0.15, 0.2) is 0 Å². The van der Waals surface area contributed by atoms with Gasteiger partial charge in [-0.05, 0) is 27.7 Å². The highest BCUT2D eigenvalue weighted by molar-refractivity contribution is 5.67. The van der Waals surface area contributed by atoms with Gasteiger partial charge in [0, 0.05) is 13.1 Å². The van der Waals surface area contributed by atoms with E-state index in [2.05, 4.69) is 0 Å². The molecule has 0 saturated heterocycles. The molecule has 4 heteroatoms. The smallest absolute Gasteiger partial charge is 0.410 e. The van der Waals surface area contributed by atoms with Crippen molar-refractivity contribution < 1.29 is 14.6 Å². The summed E-state index contributed by atoms with van der Waals surface area (Å²) < 4.78 is 4.99. The van der Waals surface area contributed by atoms with Crippen molar-refractivity contribution >= 4 is 6.09 Å². The Kier molecular flexibility index (Phi) is 5.46. The van der Waals surface area contributed by atoms with Gasteiger partial charge in [-0.2, -0.15) is 0 Å². The molecule has 0 unspecified atom stereocenters. The van der Waals surface area contributed by atoms with E-state index < -0.39 is 12.2 Å². The van der Waals surface area contributed by atoms with E-state index in [0.29, 0.717) is 13.1 Å². The summed E-state index contributed by atoms with van der Waals surface area (Å²) in [5.74, 6) is 0. The van der Waals surface area contributed by atoms with Crippen molar-refractivity contribution in [1.82, 2.24) is 4.90 Å². The molecule has 13 heavy (non-hydrogen) atoms. The topological polar surface area (TPSA) is 49.8 Å². The highest BCUT2D eigenvalue weighted by atomic mass is 16.6. The van der Waals surface area contributed by atoms with Crippen molar-refractivity contribution in [3.63, 3.8) is 0 Å². The zero-order valence-corrected chi connectivity index (χ0v) is 8.78. The molecule has 0 aliphatic rings. The van der Waals surface area contributed by atoms with Gasteiger partial charge in [-0.1, -0.05) is 0 Å². The van der Waals surface area contributed by atoms with Crippen LogP contribution >= 0.6 is 0 Å². The number of aliphatic hydroxyl groups is 1. The fourth-order valence-electron chi connectivity index (χ4n) is 0.814. The summed E-state index contributed by atoms with van der Waals surface area (Å²) in [7, 11) is 0. The molecule has 0 spiro atoms. The zero-order chi connectivity index (χ0) is 10.4. The number of aliphatic hydroxyl groups excluding tert-OH is 1. The summed E-state index contributed by atoms with van der Waals surface area (Å²) in [6.45, 7) is 8.30. The van der Waals surface area contributed by atoms with Crippen LogP contribution in [0.4, 0.5) is 4.79 Å². The fourth-order valence-corrected chi connectivity index (χ4v) is 0.814. The van der Waals surface area contributed by atoms with Crippen molar-refractivity contribution in [3.05, 3.63) is 0 Å². The minimum absolute atomic E-state index is 0.363. The average Bonchev–Trinajstić information content (AvgIpc) is 2.06. The molecule has 0 aromatic rings. The minimum Gasteiger partial charge on any atom is -0.444 e. The molecule has 78 valence electrons. The summed E-state index contributed by atoms with van der Waals surface area (Å²) in [5, 5.41) is 9.10. The summed E-state index contributed by atoms with van der Waals surface area (Å²) >= 11 is 0. The second-order valence-electron chi connectivity index (χ2n) is 3.00. The number of amides is 1. The number of rotatable bonds is 4. The van der Waals surface area contributed by atoms with Crippen molar-refractivity contribution in [2.45, 2.75) is 39.9 Å². The summed E-state index contributed by atoms with van der Waals surface area (Å²) in [4.78, 5) is 12.9. The molecule has 2 atom stereocenters. The first-order valence-corrected chi connectivity index (χ1v) is 4.66. The molecule has 0 fully saturated rings. The van der Waals surface area contributed by atoms with Gasteiger partial charge < -0.3 is 14.7 Å². The number of nitrogens with zero attached hydrogens (tertiary/aromatic N) is 1. The lowest BCUT2D eigenvalue weighted by molar-refractivity contribution is 0.00667. The van der Waals surface area contributed by atoms with Crippen molar-refractivity contribution in [1.29, 1.82) is 0 Å². The Morgan fingerprint density at radius 3 is 2.15 bits per heavy atom. The van der Waals surface area contributed by atoms with Crippen LogP contribution < -0.4 is 0 Å². The molecule has 0 aliphatic heterocycles. The third-order valence-corrected chi connectivity index (χ3v) is 1.99. The molecular weight excluding hydrogens is 170 g/mol. The van der Waals surface area contributed by atoms with E-state index in [4.69, 9.17) is 9.84 Å². The van der Waals surface area contributed by atoms with Crippen LogP contribution in [0.25, 0.3) is 0 Å². The van der Waals surface area contributed by atoms with Crippen molar-refractivity contribution in [3.8, 4) is 0 Å². The third-order valence-electron chi connectivity index (χ3n) is 1.99. The lowest BCUT2D eigenvalue weighted by Gasteiger charge is -2.22.